The zero-order chi connectivity index (χ0) is 8.27. The molecule has 0 aliphatic carbocycles. The molecule has 0 N–H and O–H groups in total. The van der Waals surface area contributed by atoms with Crippen molar-refractivity contribution in [2.45, 2.75) is 25.2 Å². The Kier molecular flexibility index (Phi) is 2.84. The van der Waals surface area contributed by atoms with Gasteiger partial charge in [0, 0.05) is 20.6 Å². The summed E-state index contributed by atoms with van der Waals surface area (Å²) >= 11 is 0. The molecule has 0 aromatic heterocycles. The van der Waals surface area contributed by atoms with E-state index in [0.717, 1.165) is 0 Å². The van der Waals surface area contributed by atoms with Crippen LogP contribution in [-0.2, 0) is 19.0 Å². The van der Waals surface area contributed by atoms with Crippen LogP contribution in [0.25, 0.3) is 0 Å². The highest BCUT2D eigenvalue weighted by Crippen LogP contribution is 2.18. The summed E-state index contributed by atoms with van der Waals surface area (Å²) in [7, 11) is 3.06. The summed E-state index contributed by atoms with van der Waals surface area (Å²) in [5.41, 5.74) is 0. The quantitative estimate of drug-likeness (QED) is 0.440. The first-order valence-corrected chi connectivity index (χ1v) is 3.53. The Morgan fingerprint density at radius 1 is 1.55 bits per heavy atom. The number of esters is 1. The molecule has 0 aromatic carbocycles. The number of rotatable bonds is 3. The van der Waals surface area contributed by atoms with E-state index < -0.39 is 6.29 Å². The lowest BCUT2D eigenvalue weighted by Gasteiger charge is -2.18. The third kappa shape index (κ3) is 1.91. The minimum atomic E-state index is -0.415. The third-order valence-electron chi connectivity index (χ3n) is 1.68. The van der Waals surface area contributed by atoms with E-state index in [0.29, 0.717) is 12.8 Å². The molecule has 4 nitrogen and oxygen atoms in total. The van der Waals surface area contributed by atoms with Crippen molar-refractivity contribution in [1.29, 1.82) is 0 Å². The van der Waals surface area contributed by atoms with Gasteiger partial charge in [-0.2, -0.15) is 0 Å². The second-order valence-electron chi connectivity index (χ2n) is 2.41. The number of carbonyl (C=O) groups excluding carboxylic acids is 1. The molecular weight excluding hydrogens is 148 g/mol. The van der Waals surface area contributed by atoms with Gasteiger partial charge in [0.25, 0.3) is 0 Å². The van der Waals surface area contributed by atoms with Crippen LogP contribution in [0.3, 0.4) is 0 Å². The Morgan fingerprint density at radius 2 is 2.18 bits per heavy atom. The Morgan fingerprint density at radius 3 is 2.55 bits per heavy atom. The van der Waals surface area contributed by atoms with Gasteiger partial charge in [-0.1, -0.05) is 0 Å². The zero-order valence-corrected chi connectivity index (χ0v) is 6.70. The highest BCUT2D eigenvalue weighted by molar-refractivity contribution is 5.71. The van der Waals surface area contributed by atoms with Crippen LogP contribution in [0.2, 0.25) is 0 Å². The molecule has 4 heteroatoms. The van der Waals surface area contributed by atoms with E-state index in [1.807, 2.05) is 0 Å². The summed E-state index contributed by atoms with van der Waals surface area (Å²) in [5, 5.41) is 0. The minimum Gasteiger partial charge on any atom is -0.457 e. The Balaban J connectivity index is 2.40. The van der Waals surface area contributed by atoms with Crippen LogP contribution in [0.15, 0.2) is 0 Å². The van der Waals surface area contributed by atoms with Crippen molar-refractivity contribution in [1.82, 2.24) is 0 Å². The molecular formula is C7H12O4. The molecule has 0 aromatic rings. The molecule has 0 radical (unpaired) electrons. The highest BCUT2D eigenvalue weighted by atomic mass is 16.7. The molecule has 1 fully saturated rings. The number of cyclic esters (lactones) is 1. The molecule has 0 bridgehead atoms. The van der Waals surface area contributed by atoms with Crippen molar-refractivity contribution in [2.75, 3.05) is 14.2 Å². The Bertz CT molecular complexity index is 141. The summed E-state index contributed by atoms with van der Waals surface area (Å²) < 4.78 is 14.8. The average molecular weight is 160 g/mol. The van der Waals surface area contributed by atoms with Gasteiger partial charge in [-0.15, -0.1) is 0 Å². The normalized spacial score (nSPS) is 24.3. The van der Waals surface area contributed by atoms with Gasteiger partial charge >= 0.3 is 5.97 Å². The van der Waals surface area contributed by atoms with Gasteiger partial charge in [0.2, 0.25) is 0 Å². The van der Waals surface area contributed by atoms with Crippen molar-refractivity contribution in [3.8, 4) is 0 Å². The SMILES string of the molecule is COC(OC)[C@H]1CCC(=O)O1. The second kappa shape index (κ2) is 3.69. The van der Waals surface area contributed by atoms with Crippen molar-refractivity contribution in [3.63, 3.8) is 0 Å². The summed E-state index contributed by atoms with van der Waals surface area (Å²) in [4.78, 5) is 10.7. The summed E-state index contributed by atoms with van der Waals surface area (Å²) in [6, 6.07) is 0. The molecule has 1 saturated heterocycles. The summed E-state index contributed by atoms with van der Waals surface area (Å²) in [6.07, 6.45) is 0.512. The molecule has 0 saturated carbocycles. The third-order valence-corrected chi connectivity index (χ3v) is 1.68. The molecule has 0 unspecified atom stereocenters. The summed E-state index contributed by atoms with van der Waals surface area (Å²) in [6.45, 7) is 0. The fourth-order valence-corrected chi connectivity index (χ4v) is 1.14. The van der Waals surface area contributed by atoms with Gasteiger partial charge in [0.15, 0.2) is 12.4 Å². The highest BCUT2D eigenvalue weighted by Gasteiger charge is 2.30. The van der Waals surface area contributed by atoms with Crippen LogP contribution < -0.4 is 0 Å². The van der Waals surface area contributed by atoms with Gasteiger partial charge in [-0.05, 0) is 6.42 Å². The largest absolute Gasteiger partial charge is 0.457 e. The van der Waals surface area contributed by atoms with E-state index in [-0.39, 0.29) is 12.1 Å². The number of hydrogen-bond acceptors (Lipinski definition) is 4. The van der Waals surface area contributed by atoms with E-state index in [1.165, 1.54) is 14.2 Å². The van der Waals surface area contributed by atoms with E-state index in [2.05, 4.69) is 0 Å². The first-order valence-electron chi connectivity index (χ1n) is 3.53. The smallest absolute Gasteiger partial charge is 0.306 e. The molecule has 0 amide bonds. The van der Waals surface area contributed by atoms with Crippen LogP contribution in [-0.4, -0.2) is 32.6 Å². The lowest BCUT2D eigenvalue weighted by atomic mass is 10.2. The van der Waals surface area contributed by atoms with Gasteiger partial charge in [0.1, 0.15) is 0 Å². The molecule has 11 heavy (non-hydrogen) atoms. The Labute approximate surface area is 65.4 Å². The first-order chi connectivity index (χ1) is 5.27. The van der Waals surface area contributed by atoms with Crippen LogP contribution >= 0.6 is 0 Å². The van der Waals surface area contributed by atoms with Gasteiger partial charge in [-0.3, -0.25) is 4.79 Å². The standard InChI is InChI=1S/C7H12O4/c1-9-7(10-2)5-3-4-6(8)11-5/h5,7H,3-4H2,1-2H3/t5-/m1/s1. The predicted molar refractivity (Wildman–Crippen MR) is 36.9 cm³/mol. The maximum Gasteiger partial charge on any atom is 0.306 e. The number of ether oxygens (including phenoxy) is 3. The molecule has 1 aliphatic rings. The zero-order valence-electron chi connectivity index (χ0n) is 6.70. The molecule has 0 spiro atoms. The van der Waals surface area contributed by atoms with Crippen LogP contribution in [0.5, 0.6) is 0 Å². The number of carbonyl (C=O) groups is 1. The molecule has 1 rings (SSSR count). The predicted octanol–water partition coefficient (Wildman–Crippen LogP) is 0.311. The monoisotopic (exact) mass is 160 g/mol. The second-order valence-corrected chi connectivity index (χ2v) is 2.41. The first kappa shape index (κ1) is 8.49. The average Bonchev–Trinajstić information content (AvgIpc) is 2.39. The molecule has 1 atom stereocenters. The van der Waals surface area contributed by atoms with Gasteiger partial charge < -0.3 is 14.2 Å². The Hall–Kier alpha value is -0.610. The van der Waals surface area contributed by atoms with Crippen molar-refractivity contribution >= 4 is 5.97 Å². The van der Waals surface area contributed by atoms with Crippen LogP contribution in [0.1, 0.15) is 12.8 Å². The fourth-order valence-electron chi connectivity index (χ4n) is 1.14. The van der Waals surface area contributed by atoms with Crippen molar-refractivity contribution in [2.24, 2.45) is 0 Å². The molecule has 1 aliphatic heterocycles. The maximum atomic E-state index is 10.7. The van der Waals surface area contributed by atoms with Gasteiger partial charge in [0.05, 0.1) is 0 Å². The lowest BCUT2D eigenvalue weighted by Crippen LogP contribution is -2.29. The van der Waals surface area contributed by atoms with Crippen molar-refractivity contribution < 1.29 is 19.0 Å². The van der Waals surface area contributed by atoms with Gasteiger partial charge in [-0.25, -0.2) is 0 Å². The molecule has 64 valence electrons. The van der Waals surface area contributed by atoms with E-state index >= 15 is 0 Å². The van der Waals surface area contributed by atoms with Crippen molar-refractivity contribution in [3.05, 3.63) is 0 Å². The lowest BCUT2D eigenvalue weighted by molar-refractivity contribution is -0.178. The van der Waals surface area contributed by atoms with E-state index in [4.69, 9.17) is 14.2 Å². The minimum absolute atomic E-state index is 0.172. The van der Waals surface area contributed by atoms with E-state index in [1.54, 1.807) is 0 Å². The number of methoxy groups -OCH3 is 2. The summed E-state index contributed by atoms with van der Waals surface area (Å²) in [5.74, 6) is -0.172. The van der Waals surface area contributed by atoms with Crippen LogP contribution in [0, 0.1) is 0 Å². The fraction of sp³-hybridized carbons (Fsp3) is 0.857. The molecule has 1 heterocycles. The topological polar surface area (TPSA) is 44.8 Å². The number of hydrogen-bond donors (Lipinski definition) is 0. The maximum absolute atomic E-state index is 10.7. The van der Waals surface area contributed by atoms with E-state index in [9.17, 15) is 4.79 Å². The van der Waals surface area contributed by atoms with Crippen LogP contribution in [0.4, 0.5) is 0 Å².